The van der Waals surface area contributed by atoms with E-state index in [1.165, 1.54) is 5.57 Å². The molecule has 0 saturated heterocycles. The smallest absolute Gasteiger partial charge is 0.242 e. The largest absolute Gasteiger partial charge is 0.377 e. The summed E-state index contributed by atoms with van der Waals surface area (Å²) < 4.78 is 5.32. The van der Waals surface area contributed by atoms with E-state index in [9.17, 15) is 4.79 Å². The average molecular weight is 324 g/mol. The standard InChI is InChI=1S/C17H32N4O2/c1-5-18-17(19-11-8-15-9-12-23-13-10-15)20(4)14-16(22)21(6-2)7-3/h9H,5-8,10-14H2,1-4H3,(H,18,19). The Morgan fingerprint density at radius 2 is 2.09 bits per heavy atom. The van der Waals surface area contributed by atoms with E-state index in [0.29, 0.717) is 6.54 Å². The van der Waals surface area contributed by atoms with Gasteiger partial charge >= 0.3 is 0 Å². The first kappa shape index (κ1) is 19.5. The minimum Gasteiger partial charge on any atom is -0.377 e. The van der Waals surface area contributed by atoms with E-state index in [2.05, 4.69) is 16.4 Å². The van der Waals surface area contributed by atoms with Gasteiger partial charge in [0, 0.05) is 33.2 Å². The molecule has 0 atom stereocenters. The predicted molar refractivity (Wildman–Crippen MR) is 94.7 cm³/mol. The summed E-state index contributed by atoms with van der Waals surface area (Å²) in [4.78, 5) is 20.6. The second-order valence-electron chi connectivity index (χ2n) is 5.60. The van der Waals surface area contributed by atoms with E-state index in [1.807, 2.05) is 37.6 Å². The quantitative estimate of drug-likeness (QED) is 0.417. The number of guanidine groups is 1. The highest BCUT2D eigenvalue weighted by Crippen LogP contribution is 2.11. The fourth-order valence-corrected chi connectivity index (χ4v) is 2.52. The van der Waals surface area contributed by atoms with Crippen molar-refractivity contribution in [3.05, 3.63) is 11.6 Å². The molecule has 0 radical (unpaired) electrons. The number of nitrogens with zero attached hydrogens (tertiary/aromatic N) is 3. The summed E-state index contributed by atoms with van der Waals surface area (Å²) >= 11 is 0. The fraction of sp³-hybridized carbons (Fsp3) is 0.765. The third-order valence-corrected chi connectivity index (χ3v) is 3.94. The van der Waals surface area contributed by atoms with Crippen LogP contribution in [0.3, 0.4) is 0 Å². The molecule has 1 rings (SSSR count). The van der Waals surface area contributed by atoms with Crippen LogP contribution in [0, 0.1) is 0 Å². The highest BCUT2D eigenvalue weighted by Gasteiger charge is 2.15. The molecule has 132 valence electrons. The van der Waals surface area contributed by atoms with Gasteiger partial charge in [-0.25, -0.2) is 0 Å². The molecule has 0 aromatic rings. The number of carbonyl (C=O) groups is 1. The van der Waals surface area contributed by atoms with Gasteiger partial charge in [-0.3, -0.25) is 9.79 Å². The van der Waals surface area contributed by atoms with Crippen molar-refractivity contribution < 1.29 is 9.53 Å². The lowest BCUT2D eigenvalue weighted by molar-refractivity contribution is -0.131. The summed E-state index contributed by atoms with van der Waals surface area (Å²) in [5, 5.41) is 3.26. The topological polar surface area (TPSA) is 57.2 Å². The summed E-state index contributed by atoms with van der Waals surface area (Å²) in [6, 6.07) is 0. The Hall–Kier alpha value is -1.56. The van der Waals surface area contributed by atoms with Crippen LogP contribution in [0.2, 0.25) is 0 Å². The van der Waals surface area contributed by atoms with E-state index in [-0.39, 0.29) is 5.91 Å². The number of rotatable bonds is 8. The molecule has 6 heteroatoms. The Labute approximate surface area is 140 Å². The van der Waals surface area contributed by atoms with Crippen LogP contribution in [0.5, 0.6) is 0 Å². The van der Waals surface area contributed by atoms with E-state index in [0.717, 1.165) is 58.2 Å². The number of aliphatic imine (C=N–C) groups is 1. The number of ether oxygens (including phenoxy) is 1. The Kier molecular flexibility index (Phi) is 9.36. The SMILES string of the molecule is CCNC(=NCCC1=CCOCC1)N(C)CC(=O)N(CC)CC. The van der Waals surface area contributed by atoms with Gasteiger partial charge < -0.3 is 19.9 Å². The second kappa shape index (κ2) is 11.0. The van der Waals surface area contributed by atoms with Crippen molar-refractivity contribution in [1.82, 2.24) is 15.1 Å². The zero-order valence-electron chi connectivity index (χ0n) is 15.1. The highest BCUT2D eigenvalue weighted by molar-refractivity contribution is 5.86. The summed E-state index contributed by atoms with van der Waals surface area (Å²) in [5.41, 5.74) is 1.41. The lowest BCUT2D eigenvalue weighted by Crippen LogP contribution is -2.45. The molecule has 0 aliphatic carbocycles. The Balaban J connectivity index is 2.55. The minimum absolute atomic E-state index is 0.134. The van der Waals surface area contributed by atoms with Gasteiger partial charge in [0.15, 0.2) is 5.96 Å². The summed E-state index contributed by atoms with van der Waals surface area (Å²) in [6.45, 7) is 10.9. The van der Waals surface area contributed by atoms with Crippen LogP contribution in [0.25, 0.3) is 0 Å². The van der Waals surface area contributed by atoms with Crippen molar-refractivity contribution in [3.8, 4) is 0 Å². The summed E-state index contributed by atoms with van der Waals surface area (Å²) in [5.74, 6) is 0.927. The molecule has 0 aromatic carbocycles. The molecule has 0 fully saturated rings. The molecule has 23 heavy (non-hydrogen) atoms. The molecule has 1 amide bonds. The number of nitrogens with one attached hydrogen (secondary N) is 1. The molecule has 1 heterocycles. The van der Waals surface area contributed by atoms with Gasteiger partial charge in [0.2, 0.25) is 5.91 Å². The Morgan fingerprint density at radius 1 is 1.35 bits per heavy atom. The maximum Gasteiger partial charge on any atom is 0.242 e. The van der Waals surface area contributed by atoms with Gasteiger partial charge in [-0.2, -0.15) is 0 Å². The van der Waals surface area contributed by atoms with Crippen molar-refractivity contribution in [2.75, 3.05) is 53.0 Å². The molecule has 0 spiro atoms. The van der Waals surface area contributed by atoms with Gasteiger partial charge in [-0.1, -0.05) is 11.6 Å². The van der Waals surface area contributed by atoms with Crippen LogP contribution >= 0.6 is 0 Å². The first-order valence-electron chi connectivity index (χ1n) is 8.65. The average Bonchev–Trinajstić information content (AvgIpc) is 2.56. The van der Waals surface area contributed by atoms with Crippen LogP contribution in [-0.2, 0) is 9.53 Å². The molecule has 1 aliphatic rings. The van der Waals surface area contributed by atoms with Crippen LogP contribution in [0.4, 0.5) is 0 Å². The van der Waals surface area contributed by atoms with Crippen molar-refractivity contribution >= 4 is 11.9 Å². The van der Waals surface area contributed by atoms with Gasteiger partial charge in [0.1, 0.15) is 0 Å². The van der Waals surface area contributed by atoms with Gasteiger partial charge in [-0.05, 0) is 33.6 Å². The number of likely N-dealkylation sites (N-methyl/N-ethyl adjacent to an activating group) is 2. The Morgan fingerprint density at radius 3 is 2.65 bits per heavy atom. The zero-order valence-corrected chi connectivity index (χ0v) is 15.1. The monoisotopic (exact) mass is 324 g/mol. The van der Waals surface area contributed by atoms with Crippen molar-refractivity contribution in [1.29, 1.82) is 0 Å². The molecule has 0 bridgehead atoms. The molecule has 0 unspecified atom stereocenters. The predicted octanol–water partition coefficient (Wildman–Crippen LogP) is 1.49. The maximum atomic E-state index is 12.2. The van der Waals surface area contributed by atoms with E-state index in [4.69, 9.17) is 4.74 Å². The number of carbonyl (C=O) groups excluding carboxylic acids is 1. The van der Waals surface area contributed by atoms with Gasteiger partial charge in [0.25, 0.3) is 0 Å². The molecular weight excluding hydrogens is 292 g/mol. The third-order valence-electron chi connectivity index (χ3n) is 3.94. The molecular formula is C17H32N4O2. The lowest BCUT2D eigenvalue weighted by Gasteiger charge is -2.25. The summed E-state index contributed by atoms with van der Waals surface area (Å²) in [7, 11) is 1.91. The fourth-order valence-electron chi connectivity index (χ4n) is 2.52. The van der Waals surface area contributed by atoms with Crippen molar-refractivity contribution in [3.63, 3.8) is 0 Å². The zero-order chi connectivity index (χ0) is 17.1. The Bertz CT molecular complexity index is 417. The van der Waals surface area contributed by atoms with Gasteiger partial charge in [0.05, 0.1) is 19.8 Å². The number of hydrogen-bond donors (Lipinski definition) is 1. The third kappa shape index (κ3) is 7.03. The van der Waals surface area contributed by atoms with E-state index in [1.54, 1.807) is 0 Å². The first-order valence-corrected chi connectivity index (χ1v) is 8.65. The van der Waals surface area contributed by atoms with Crippen molar-refractivity contribution in [2.24, 2.45) is 4.99 Å². The van der Waals surface area contributed by atoms with Crippen LogP contribution < -0.4 is 5.32 Å². The number of amides is 1. The highest BCUT2D eigenvalue weighted by atomic mass is 16.5. The lowest BCUT2D eigenvalue weighted by atomic mass is 10.1. The number of hydrogen-bond acceptors (Lipinski definition) is 3. The first-order chi connectivity index (χ1) is 11.1. The maximum absolute atomic E-state index is 12.2. The summed E-state index contributed by atoms with van der Waals surface area (Å²) in [6.07, 6.45) is 4.11. The molecule has 1 N–H and O–H groups in total. The molecule has 0 saturated carbocycles. The molecule has 0 aromatic heterocycles. The van der Waals surface area contributed by atoms with Crippen molar-refractivity contribution in [2.45, 2.75) is 33.6 Å². The van der Waals surface area contributed by atoms with Crippen LogP contribution in [0.15, 0.2) is 16.6 Å². The van der Waals surface area contributed by atoms with Crippen LogP contribution in [0.1, 0.15) is 33.6 Å². The van der Waals surface area contributed by atoms with Crippen LogP contribution in [-0.4, -0.2) is 74.7 Å². The van der Waals surface area contributed by atoms with Gasteiger partial charge in [-0.15, -0.1) is 0 Å². The van der Waals surface area contributed by atoms with E-state index >= 15 is 0 Å². The van der Waals surface area contributed by atoms with E-state index < -0.39 is 0 Å². The second-order valence-corrected chi connectivity index (χ2v) is 5.60. The molecule has 1 aliphatic heterocycles. The normalized spacial score (nSPS) is 15.1. The molecule has 6 nitrogen and oxygen atoms in total. The minimum atomic E-state index is 0.134.